The van der Waals surface area contributed by atoms with Gasteiger partial charge in [0, 0.05) is 18.2 Å². The molecule has 0 aliphatic carbocycles. The van der Waals surface area contributed by atoms with Gasteiger partial charge in [-0.05, 0) is 44.0 Å². The zero-order chi connectivity index (χ0) is 16.5. The molecule has 1 aromatic carbocycles. The Kier molecular flexibility index (Phi) is 4.02. The molecule has 126 valence electrons. The van der Waals surface area contributed by atoms with E-state index < -0.39 is 0 Å². The summed E-state index contributed by atoms with van der Waals surface area (Å²) in [5.41, 5.74) is 3.30. The number of benzene rings is 1. The molecule has 0 unspecified atom stereocenters. The quantitative estimate of drug-likeness (QED) is 0.859. The van der Waals surface area contributed by atoms with Gasteiger partial charge in [0.1, 0.15) is 6.61 Å². The van der Waals surface area contributed by atoms with Gasteiger partial charge in [-0.3, -0.25) is 4.90 Å². The molecule has 24 heavy (non-hydrogen) atoms. The number of hydrogen-bond donors (Lipinski definition) is 0. The summed E-state index contributed by atoms with van der Waals surface area (Å²) in [6.07, 6.45) is 4.53. The lowest BCUT2D eigenvalue weighted by atomic mass is 10.1. The van der Waals surface area contributed by atoms with Crippen molar-refractivity contribution in [2.75, 3.05) is 26.8 Å². The Morgan fingerprint density at radius 2 is 2.29 bits per heavy atom. The van der Waals surface area contributed by atoms with Crippen LogP contribution in [0.25, 0.3) is 6.08 Å². The number of likely N-dealkylation sites (tertiary alicyclic amines) is 1. The number of aryl methyl sites for hydroxylation is 1. The number of nitrogens with zero attached hydrogens (tertiary/aromatic N) is 2. The molecule has 0 spiro atoms. The summed E-state index contributed by atoms with van der Waals surface area (Å²) in [7, 11) is 1.67. The summed E-state index contributed by atoms with van der Waals surface area (Å²) in [6, 6.07) is 8.36. The first kappa shape index (κ1) is 15.3. The Hall–Kier alpha value is -2.27. The summed E-state index contributed by atoms with van der Waals surface area (Å²) in [6.45, 7) is 4.54. The molecule has 5 heteroatoms. The number of hydrogen-bond acceptors (Lipinski definition) is 5. The highest BCUT2D eigenvalue weighted by Gasteiger charge is 2.30. The molecule has 0 amide bonds. The minimum Gasteiger partial charge on any atom is -0.493 e. The third-order valence-electron chi connectivity index (χ3n) is 4.74. The van der Waals surface area contributed by atoms with Gasteiger partial charge in [0.05, 0.1) is 18.8 Å². The van der Waals surface area contributed by atoms with E-state index in [1.54, 1.807) is 7.11 Å². The Balaban J connectivity index is 1.53. The van der Waals surface area contributed by atoms with Crippen LogP contribution in [0.15, 0.2) is 34.4 Å². The largest absolute Gasteiger partial charge is 0.493 e. The zero-order valence-corrected chi connectivity index (χ0v) is 14.1. The number of para-hydroxylation sites is 1. The highest BCUT2D eigenvalue weighted by molar-refractivity contribution is 5.66. The Morgan fingerprint density at radius 1 is 1.38 bits per heavy atom. The number of ether oxygens (including phenoxy) is 2. The Bertz CT molecular complexity index is 766. The molecule has 1 aromatic heterocycles. The molecule has 1 fully saturated rings. The predicted molar refractivity (Wildman–Crippen MR) is 91.3 cm³/mol. The van der Waals surface area contributed by atoms with Crippen molar-refractivity contribution in [2.45, 2.75) is 25.8 Å². The fraction of sp³-hybridized carbons (Fsp3) is 0.421. The molecule has 3 heterocycles. The van der Waals surface area contributed by atoms with Crippen LogP contribution >= 0.6 is 0 Å². The molecular formula is C19H22N2O3. The molecule has 1 atom stereocenters. The number of rotatable bonds is 4. The summed E-state index contributed by atoms with van der Waals surface area (Å²) < 4.78 is 16.8. The maximum atomic E-state index is 5.96. The van der Waals surface area contributed by atoms with Crippen LogP contribution in [0.1, 0.15) is 35.9 Å². The van der Waals surface area contributed by atoms with Crippen molar-refractivity contribution in [1.29, 1.82) is 0 Å². The lowest BCUT2D eigenvalue weighted by Crippen LogP contribution is -2.28. The van der Waals surface area contributed by atoms with E-state index in [1.807, 2.05) is 19.1 Å². The minimum atomic E-state index is 0.318. The Labute approximate surface area is 141 Å². The van der Waals surface area contributed by atoms with Gasteiger partial charge in [0.15, 0.2) is 17.3 Å². The molecule has 5 nitrogen and oxygen atoms in total. The molecule has 2 aliphatic rings. The van der Waals surface area contributed by atoms with Crippen LogP contribution in [0.2, 0.25) is 0 Å². The highest BCUT2D eigenvalue weighted by atomic mass is 16.5. The van der Waals surface area contributed by atoms with Gasteiger partial charge in [0.2, 0.25) is 0 Å². The molecule has 1 saturated heterocycles. The average molecular weight is 326 g/mol. The van der Waals surface area contributed by atoms with Crippen LogP contribution in [0.4, 0.5) is 0 Å². The van der Waals surface area contributed by atoms with E-state index in [0.29, 0.717) is 12.6 Å². The first-order valence-electron chi connectivity index (χ1n) is 8.41. The SMILES string of the molecule is COc1cccc2c1OCC(CN1CCC[C@@H]1c1cc(C)no1)=C2. The molecule has 0 bridgehead atoms. The van der Waals surface area contributed by atoms with E-state index in [2.05, 4.69) is 28.3 Å². The fourth-order valence-electron chi connectivity index (χ4n) is 3.62. The van der Waals surface area contributed by atoms with E-state index in [0.717, 1.165) is 48.0 Å². The van der Waals surface area contributed by atoms with E-state index in [-0.39, 0.29) is 0 Å². The monoisotopic (exact) mass is 326 g/mol. The molecule has 0 N–H and O–H groups in total. The molecular weight excluding hydrogens is 304 g/mol. The third-order valence-corrected chi connectivity index (χ3v) is 4.74. The standard InChI is InChI=1S/C19H22N2O3/c1-13-9-18(24-20-13)16-6-4-8-21(16)11-14-10-15-5-3-7-17(22-2)19(15)23-12-14/h3,5,7,9-10,16H,4,6,8,11-12H2,1-2H3/t16-/m1/s1. The summed E-state index contributed by atoms with van der Waals surface area (Å²) in [5.74, 6) is 2.61. The first-order valence-corrected chi connectivity index (χ1v) is 8.41. The van der Waals surface area contributed by atoms with Gasteiger partial charge >= 0.3 is 0 Å². The maximum Gasteiger partial charge on any atom is 0.168 e. The molecule has 2 aromatic rings. The average Bonchev–Trinajstić information content (AvgIpc) is 3.22. The molecule has 2 aliphatic heterocycles. The van der Waals surface area contributed by atoms with Crippen LogP contribution in [0.5, 0.6) is 11.5 Å². The lowest BCUT2D eigenvalue weighted by molar-refractivity contribution is 0.218. The van der Waals surface area contributed by atoms with Crippen molar-refractivity contribution in [2.24, 2.45) is 0 Å². The van der Waals surface area contributed by atoms with E-state index in [4.69, 9.17) is 14.0 Å². The number of aromatic nitrogens is 1. The van der Waals surface area contributed by atoms with Gasteiger partial charge in [0.25, 0.3) is 0 Å². The molecule has 0 radical (unpaired) electrons. The first-order chi connectivity index (χ1) is 11.7. The summed E-state index contributed by atoms with van der Waals surface area (Å²) >= 11 is 0. The van der Waals surface area contributed by atoms with Crippen LogP contribution in [-0.2, 0) is 0 Å². The maximum absolute atomic E-state index is 5.96. The van der Waals surface area contributed by atoms with E-state index >= 15 is 0 Å². The van der Waals surface area contributed by atoms with E-state index in [9.17, 15) is 0 Å². The van der Waals surface area contributed by atoms with Crippen molar-refractivity contribution in [3.63, 3.8) is 0 Å². The second kappa shape index (κ2) is 6.32. The van der Waals surface area contributed by atoms with Crippen LogP contribution in [0, 0.1) is 6.92 Å². The van der Waals surface area contributed by atoms with Gasteiger partial charge < -0.3 is 14.0 Å². The van der Waals surface area contributed by atoms with Crippen molar-refractivity contribution in [3.05, 3.63) is 46.9 Å². The van der Waals surface area contributed by atoms with Crippen molar-refractivity contribution >= 4 is 6.08 Å². The van der Waals surface area contributed by atoms with Crippen molar-refractivity contribution in [3.8, 4) is 11.5 Å². The Morgan fingerprint density at radius 3 is 3.08 bits per heavy atom. The normalized spacial score (nSPS) is 20.4. The number of methoxy groups -OCH3 is 1. The predicted octanol–water partition coefficient (Wildman–Crippen LogP) is 3.60. The van der Waals surface area contributed by atoms with Gasteiger partial charge in [-0.2, -0.15) is 0 Å². The lowest BCUT2D eigenvalue weighted by Gasteiger charge is -2.26. The van der Waals surface area contributed by atoms with Crippen molar-refractivity contribution < 1.29 is 14.0 Å². The van der Waals surface area contributed by atoms with Crippen LogP contribution in [0.3, 0.4) is 0 Å². The fourth-order valence-corrected chi connectivity index (χ4v) is 3.62. The summed E-state index contributed by atoms with van der Waals surface area (Å²) in [4.78, 5) is 2.46. The highest BCUT2D eigenvalue weighted by Crippen LogP contribution is 2.37. The van der Waals surface area contributed by atoms with Crippen molar-refractivity contribution in [1.82, 2.24) is 10.1 Å². The molecule has 4 rings (SSSR count). The van der Waals surface area contributed by atoms with Crippen LogP contribution in [-0.4, -0.2) is 36.9 Å². The topological polar surface area (TPSA) is 47.7 Å². The number of fused-ring (bicyclic) bond motifs is 1. The van der Waals surface area contributed by atoms with Gasteiger partial charge in [-0.25, -0.2) is 0 Å². The summed E-state index contributed by atoms with van der Waals surface area (Å²) in [5, 5.41) is 4.04. The third kappa shape index (κ3) is 2.80. The second-order valence-electron chi connectivity index (χ2n) is 6.47. The van der Waals surface area contributed by atoms with Gasteiger partial charge in [-0.15, -0.1) is 0 Å². The van der Waals surface area contributed by atoms with E-state index in [1.165, 1.54) is 12.0 Å². The second-order valence-corrected chi connectivity index (χ2v) is 6.47. The minimum absolute atomic E-state index is 0.318. The zero-order valence-electron chi connectivity index (χ0n) is 14.1. The van der Waals surface area contributed by atoms with Crippen LogP contribution < -0.4 is 9.47 Å². The molecule has 0 saturated carbocycles. The van der Waals surface area contributed by atoms with Gasteiger partial charge in [-0.1, -0.05) is 17.3 Å². The smallest absolute Gasteiger partial charge is 0.168 e.